The quantitative estimate of drug-likeness (QED) is 0.512. The maximum absolute atomic E-state index is 13.8. The van der Waals surface area contributed by atoms with Crippen LogP contribution in [0.25, 0.3) is 10.9 Å². The molecule has 0 radical (unpaired) electrons. The maximum Gasteiger partial charge on any atom is 0.307 e. The van der Waals surface area contributed by atoms with Crippen molar-refractivity contribution >= 4 is 34.4 Å². The molecule has 33 heavy (non-hydrogen) atoms. The average Bonchev–Trinajstić information content (AvgIpc) is 2.82. The van der Waals surface area contributed by atoms with E-state index in [9.17, 15) is 9.59 Å². The fraction of sp³-hybridized carbons (Fsp3) is 0.320. The zero-order valence-corrected chi connectivity index (χ0v) is 19.7. The lowest BCUT2D eigenvalue weighted by atomic mass is 9.89. The first kappa shape index (κ1) is 22.9. The van der Waals surface area contributed by atoms with Gasteiger partial charge in [0.2, 0.25) is 0 Å². The summed E-state index contributed by atoms with van der Waals surface area (Å²) < 4.78 is 15.8. The highest BCUT2D eigenvalue weighted by Crippen LogP contribution is 2.40. The Balaban J connectivity index is 1.79. The minimum atomic E-state index is -0.511. The number of amides is 1. The number of hydrogen-bond donors (Lipinski definition) is 0. The molecule has 1 aromatic heterocycles. The summed E-state index contributed by atoms with van der Waals surface area (Å²) in [5.74, 6) is 0.551. The number of aromatic nitrogens is 1. The van der Waals surface area contributed by atoms with E-state index in [4.69, 9.17) is 25.8 Å². The van der Waals surface area contributed by atoms with Crippen LogP contribution in [-0.4, -0.2) is 49.6 Å². The lowest BCUT2D eigenvalue weighted by molar-refractivity contribution is -0.141. The minimum Gasteiger partial charge on any atom is -0.493 e. The van der Waals surface area contributed by atoms with E-state index < -0.39 is 12.0 Å². The molecular weight excluding hydrogens is 444 g/mol. The average molecular weight is 469 g/mol. The van der Waals surface area contributed by atoms with Crippen molar-refractivity contribution in [3.05, 3.63) is 63.8 Å². The van der Waals surface area contributed by atoms with E-state index >= 15 is 0 Å². The molecule has 2 aromatic carbocycles. The summed E-state index contributed by atoms with van der Waals surface area (Å²) in [4.78, 5) is 32.4. The number of carbonyl (C=O) groups is 2. The number of fused-ring (bicyclic) bond motifs is 2. The Morgan fingerprint density at radius 2 is 1.82 bits per heavy atom. The number of ether oxygens (including phenoxy) is 3. The van der Waals surface area contributed by atoms with Crippen molar-refractivity contribution in [2.75, 3.05) is 27.9 Å². The molecule has 8 heteroatoms. The van der Waals surface area contributed by atoms with Gasteiger partial charge >= 0.3 is 5.97 Å². The monoisotopic (exact) mass is 468 g/mol. The van der Waals surface area contributed by atoms with E-state index in [-0.39, 0.29) is 12.3 Å². The van der Waals surface area contributed by atoms with E-state index in [0.717, 1.165) is 22.0 Å². The van der Waals surface area contributed by atoms with Crippen LogP contribution in [0, 0.1) is 6.92 Å². The van der Waals surface area contributed by atoms with E-state index in [2.05, 4.69) is 4.98 Å². The summed E-state index contributed by atoms with van der Waals surface area (Å²) in [5.41, 5.74) is 3.70. The first-order valence-corrected chi connectivity index (χ1v) is 10.9. The molecule has 0 bridgehead atoms. The molecule has 3 aromatic rings. The molecule has 0 saturated heterocycles. The zero-order chi connectivity index (χ0) is 23.7. The van der Waals surface area contributed by atoms with Gasteiger partial charge in [0.15, 0.2) is 11.5 Å². The summed E-state index contributed by atoms with van der Waals surface area (Å²) in [6.07, 6.45) is 0.640. The number of benzene rings is 2. The lowest BCUT2D eigenvalue weighted by Crippen LogP contribution is -2.41. The summed E-state index contributed by atoms with van der Waals surface area (Å²) in [5, 5.41) is 1.35. The van der Waals surface area contributed by atoms with Gasteiger partial charge in [-0.25, -0.2) is 0 Å². The van der Waals surface area contributed by atoms with Gasteiger partial charge in [-0.2, -0.15) is 0 Å². The highest BCUT2D eigenvalue weighted by molar-refractivity contribution is 6.31. The Labute approximate surface area is 197 Å². The van der Waals surface area contributed by atoms with Crippen molar-refractivity contribution in [2.45, 2.75) is 25.8 Å². The first-order valence-electron chi connectivity index (χ1n) is 10.6. The van der Waals surface area contributed by atoms with Crippen LogP contribution in [0.15, 0.2) is 36.4 Å². The van der Waals surface area contributed by atoms with Crippen LogP contribution in [0.4, 0.5) is 0 Å². The van der Waals surface area contributed by atoms with Gasteiger partial charge in [0.1, 0.15) is 0 Å². The number of aryl methyl sites for hydroxylation is 1. The largest absolute Gasteiger partial charge is 0.493 e. The Morgan fingerprint density at radius 3 is 2.52 bits per heavy atom. The van der Waals surface area contributed by atoms with Crippen LogP contribution in [0.1, 0.15) is 39.6 Å². The van der Waals surface area contributed by atoms with Crippen molar-refractivity contribution in [3.8, 4) is 11.5 Å². The van der Waals surface area contributed by atoms with Crippen molar-refractivity contribution in [1.29, 1.82) is 0 Å². The minimum absolute atomic E-state index is 0.0244. The topological polar surface area (TPSA) is 78.0 Å². The molecule has 1 aliphatic rings. The number of rotatable bonds is 5. The van der Waals surface area contributed by atoms with E-state index in [0.29, 0.717) is 40.7 Å². The van der Waals surface area contributed by atoms with Crippen molar-refractivity contribution in [1.82, 2.24) is 9.88 Å². The molecular formula is C25H25ClN2O5. The second-order valence-corrected chi connectivity index (χ2v) is 8.35. The van der Waals surface area contributed by atoms with Crippen molar-refractivity contribution in [3.63, 3.8) is 0 Å². The molecule has 2 heterocycles. The first-order chi connectivity index (χ1) is 15.9. The van der Waals surface area contributed by atoms with Gasteiger partial charge < -0.3 is 19.1 Å². The zero-order valence-electron chi connectivity index (χ0n) is 19.0. The number of halogens is 1. The second kappa shape index (κ2) is 9.27. The third kappa shape index (κ3) is 4.33. The molecule has 0 fully saturated rings. The van der Waals surface area contributed by atoms with E-state index in [1.54, 1.807) is 31.3 Å². The van der Waals surface area contributed by atoms with Gasteiger partial charge in [-0.3, -0.25) is 14.6 Å². The lowest BCUT2D eigenvalue weighted by Gasteiger charge is -2.37. The van der Waals surface area contributed by atoms with Crippen molar-refractivity contribution in [2.24, 2.45) is 0 Å². The number of nitrogens with zero attached hydrogens (tertiary/aromatic N) is 2. The molecule has 1 amide bonds. The third-order valence-electron chi connectivity index (χ3n) is 6.05. The van der Waals surface area contributed by atoms with Gasteiger partial charge in [-0.05, 0) is 60.9 Å². The highest BCUT2D eigenvalue weighted by Gasteiger charge is 2.35. The standard InChI is InChI=1S/C25H25ClN2O5/c1-14-18(10-16-9-17(26)5-6-20(16)27-14)25(30)28-8-7-15-11-22(31-2)23(32-3)12-19(15)21(28)13-24(29)33-4/h5-6,9-12,21H,7-8,13H2,1-4H3. The SMILES string of the molecule is COC(=O)CC1c2cc(OC)c(OC)cc2CCN1C(=O)c1cc2cc(Cl)ccc2nc1C. The van der Waals surface area contributed by atoms with E-state index in [1.807, 2.05) is 31.2 Å². The molecule has 172 valence electrons. The Kier molecular flexibility index (Phi) is 6.42. The molecule has 1 aliphatic heterocycles. The van der Waals surface area contributed by atoms with Gasteiger partial charge in [-0.1, -0.05) is 11.6 Å². The highest BCUT2D eigenvalue weighted by atomic mass is 35.5. The maximum atomic E-state index is 13.8. The summed E-state index contributed by atoms with van der Waals surface area (Å²) in [6.45, 7) is 2.25. The molecule has 0 aliphatic carbocycles. The second-order valence-electron chi connectivity index (χ2n) is 7.91. The Morgan fingerprint density at radius 1 is 1.09 bits per heavy atom. The molecule has 0 saturated carbocycles. The van der Waals surface area contributed by atoms with Gasteiger partial charge in [0.05, 0.1) is 50.6 Å². The van der Waals surface area contributed by atoms with Crippen LogP contribution >= 0.6 is 11.6 Å². The number of pyridine rings is 1. The fourth-order valence-corrected chi connectivity index (χ4v) is 4.53. The smallest absolute Gasteiger partial charge is 0.307 e. The van der Waals surface area contributed by atoms with Gasteiger partial charge in [-0.15, -0.1) is 0 Å². The predicted molar refractivity (Wildman–Crippen MR) is 125 cm³/mol. The molecule has 0 spiro atoms. The summed E-state index contributed by atoms with van der Waals surface area (Å²) in [6, 6.07) is 10.4. The normalized spacial score (nSPS) is 15.2. The fourth-order valence-electron chi connectivity index (χ4n) is 4.35. The van der Waals surface area contributed by atoms with Gasteiger partial charge in [0, 0.05) is 17.0 Å². The number of hydrogen-bond acceptors (Lipinski definition) is 6. The van der Waals surface area contributed by atoms with Crippen LogP contribution < -0.4 is 9.47 Å². The van der Waals surface area contributed by atoms with Crippen LogP contribution in [0.3, 0.4) is 0 Å². The predicted octanol–water partition coefficient (Wildman–Crippen LogP) is 4.52. The van der Waals surface area contributed by atoms with Crippen LogP contribution in [0.2, 0.25) is 5.02 Å². The molecule has 1 atom stereocenters. The van der Waals surface area contributed by atoms with Gasteiger partial charge in [0.25, 0.3) is 5.91 Å². The number of carbonyl (C=O) groups excluding carboxylic acids is 2. The van der Waals surface area contributed by atoms with Crippen LogP contribution in [0.5, 0.6) is 11.5 Å². The van der Waals surface area contributed by atoms with E-state index in [1.165, 1.54) is 7.11 Å². The third-order valence-corrected chi connectivity index (χ3v) is 6.28. The number of methoxy groups -OCH3 is 3. The molecule has 7 nitrogen and oxygen atoms in total. The molecule has 0 N–H and O–H groups in total. The molecule has 4 rings (SSSR count). The summed E-state index contributed by atoms with van der Waals surface area (Å²) in [7, 11) is 4.48. The van der Waals surface area contributed by atoms with Crippen molar-refractivity contribution < 1.29 is 23.8 Å². The molecule has 1 unspecified atom stereocenters. The Hall–Kier alpha value is -3.32. The van der Waals surface area contributed by atoms with Crippen LogP contribution in [-0.2, 0) is 16.0 Å². The summed E-state index contributed by atoms with van der Waals surface area (Å²) >= 11 is 6.15. The Bertz CT molecular complexity index is 1240. The number of esters is 1.